The van der Waals surface area contributed by atoms with Gasteiger partial charge in [-0.1, -0.05) is 0 Å². The van der Waals surface area contributed by atoms with Crippen LogP contribution in [0, 0.1) is 5.82 Å². The molecule has 1 aromatic rings. The molecule has 0 aliphatic heterocycles. The van der Waals surface area contributed by atoms with Gasteiger partial charge >= 0.3 is 5.97 Å². The lowest BCUT2D eigenvalue weighted by molar-refractivity contribution is -0.138. The lowest BCUT2D eigenvalue weighted by atomic mass is 10.1. The Morgan fingerprint density at radius 2 is 2.07 bits per heavy atom. The fraction of sp³-hybridized carbons (Fsp3) is 0.125. The summed E-state index contributed by atoms with van der Waals surface area (Å²) in [5.41, 5.74) is 4.49. The second-order valence-corrected chi connectivity index (χ2v) is 3.62. The largest absolute Gasteiger partial charge is 0.504 e. The Balaban J connectivity index is 3.45. The zero-order valence-electron chi connectivity index (χ0n) is 7.24. The Hall–Kier alpha value is -1.34. The number of benzene rings is 1. The van der Waals surface area contributed by atoms with E-state index >= 15 is 0 Å². The molecule has 1 rings (SSSR count). The third-order valence-corrected chi connectivity index (χ3v) is 2.36. The molecule has 0 spiro atoms. The Bertz CT molecular complexity index is 397. The van der Waals surface area contributed by atoms with Gasteiger partial charge in [-0.3, -0.25) is 4.79 Å². The highest BCUT2D eigenvalue weighted by atomic mass is 79.9. The molecule has 15 heavy (non-hydrogen) atoms. The quantitative estimate of drug-likeness (QED) is 0.607. The van der Waals surface area contributed by atoms with Crippen molar-refractivity contribution in [3.05, 3.63) is 21.9 Å². The van der Waals surface area contributed by atoms with E-state index in [-0.39, 0.29) is 4.47 Å². The minimum atomic E-state index is -1.74. The third-order valence-electron chi connectivity index (χ3n) is 1.78. The van der Waals surface area contributed by atoms with Crippen molar-refractivity contribution in [1.29, 1.82) is 0 Å². The summed E-state index contributed by atoms with van der Waals surface area (Å²) < 4.78 is 13.2. The van der Waals surface area contributed by atoms with Gasteiger partial charge in [-0.05, 0) is 15.9 Å². The average molecular weight is 280 g/mol. The molecule has 0 bridgehead atoms. The molecule has 0 heterocycles. The van der Waals surface area contributed by atoms with Crippen LogP contribution >= 0.6 is 15.9 Å². The maximum absolute atomic E-state index is 13.4. The predicted molar refractivity (Wildman–Crippen MR) is 52.0 cm³/mol. The summed E-state index contributed by atoms with van der Waals surface area (Å²) in [6.45, 7) is 0. The fourth-order valence-electron chi connectivity index (χ4n) is 1.03. The average Bonchev–Trinajstić information content (AvgIpc) is 2.15. The second-order valence-electron chi connectivity index (χ2n) is 2.77. The molecule has 0 aliphatic carbocycles. The van der Waals surface area contributed by atoms with Crippen LogP contribution in [0.1, 0.15) is 11.6 Å². The van der Waals surface area contributed by atoms with Gasteiger partial charge < -0.3 is 21.1 Å². The standard InChI is InChI=1S/C8H7BrFNO4/c9-2-1-3(12)7(13)4(5(2)10)6(11)8(14)15/h1,6,12-13H,11H2,(H,14,15). The van der Waals surface area contributed by atoms with Gasteiger partial charge in [-0.2, -0.15) is 0 Å². The van der Waals surface area contributed by atoms with Crippen LogP contribution < -0.4 is 5.73 Å². The molecule has 1 unspecified atom stereocenters. The summed E-state index contributed by atoms with van der Waals surface area (Å²) in [4.78, 5) is 10.5. The molecule has 0 saturated carbocycles. The zero-order chi connectivity index (χ0) is 11.7. The van der Waals surface area contributed by atoms with E-state index < -0.39 is 34.9 Å². The topological polar surface area (TPSA) is 104 Å². The van der Waals surface area contributed by atoms with Crippen LogP contribution in [0.25, 0.3) is 0 Å². The number of phenolic OH excluding ortho intramolecular Hbond substituents is 2. The number of carbonyl (C=O) groups is 1. The normalized spacial score (nSPS) is 12.5. The highest BCUT2D eigenvalue weighted by Crippen LogP contribution is 2.38. The summed E-state index contributed by atoms with van der Waals surface area (Å²) in [7, 11) is 0. The summed E-state index contributed by atoms with van der Waals surface area (Å²) in [5.74, 6) is -4.04. The van der Waals surface area contributed by atoms with E-state index in [4.69, 9.17) is 15.9 Å². The highest BCUT2D eigenvalue weighted by Gasteiger charge is 2.26. The molecule has 0 aromatic heterocycles. The summed E-state index contributed by atoms with van der Waals surface area (Å²) >= 11 is 2.75. The van der Waals surface area contributed by atoms with E-state index in [0.717, 1.165) is 6.07 Å². The van der Waals surface area contributed by atoms with Gasteiger partial charge in [-0.25, -0.2) is 4.39 Å². The SMILES string of the molecule is NC(C(=O)O)c1c(O)c(O)cc(Br)c1F. The number of aliphatic carboxylic acids is 1. The van der Waals surface area contributed by atoms with Crippen LogP contribution in [-0.4, -0.2) is 21.3 Å². The Morgan fingerprint density at radius 3 is 2.53 bits per heavy atom. The maximum Gasteiger partial charge on any atom is 0.325 e. The molecule has 1 atom stereocenters. The van der Waals surface area contributed by atoms with Crippen molar-refractivity contribution in [2.24, 2.45) is 5.73 Å². The van der Waals surface area contributed by atoms with Crippen molar-refractivity contribution in [1.82, 2.24) is 0 Å². The van der Waals surface area contributed by atoms with E-state index in [0.29, 0.717) is 0 Å². The number of nitrogens with two attached hydrogens (primary N) is 1. The first-order valence-electron chi connectivity index (χ1n) is 3.74. The van der Waals surface area contributed by atoms with Gasteiger partial charge in [0.25, 0.3) is 0 Å². The molecular weight excluding hydrogens is 273 g/mol. The molecule has 0 radical (unpaired) electrons. The van der Waals surface area contributed by atoms with Gasteiger partial charge in [-0.15, -0.1) is 0 Å². The number of phenols is 2. The van der Waals surface area contributed by atoms with Crippen molar-refractivity contribution in [3.63, 3.8) is 0 Å². The molecule has 5 nitrogen and oxygen atoms in total. The second kappa shape index (κ2) is 4.03. The molecule has 0 aliphatic rings. The fourth-order valence-corrected chi connectivity index (χ4v) is 1.46. The van der Waals surface area contributed by atoms with Crippen LogP contribution in [0.2, 0.25) is 0 Å². The summed E-state index contributed by atoms with van der Waals surface area (Å²) in [6, 6.07) is -0.837. The summed E-state index contributed by atoms with van der Waals surface area (Å²) in [6.07, 6.45) is 0. The molecule has 0 fully saturated rings. The van der Waals surface area contributed by atoms with E-state index in [1.165, 1.54) is 0 Å². The first-order valence-corrected chi connectivity index (χ1v) is 4.53. The number of hydrogen-bond acceptors (Lipinski definition) is 4. The smallest absolute Gasteiger partial charge is 0.325 e. The number of carboxylic acids is 1. The lowest BCUT2D eigenvalue weighted by Gasteiger charge is -2.12. The van der Waals surface area contributed by atoms with Crippen LogP contribution in [0.15, 0.2) is 10.5 Å². The van der Waals surface area contributed by atoms with Crippen LogP contribution in [-0.2, 0) is 4.79 Å². The first-order chi connectivity index (χ1) is 6.86. The monoisotopic (exact) mass is 279 g/mol. The molecule has 5 N–H and O–H groups in total. The minimum Gasteiger partial charge on any atom is -0.504 e. The van der Waals surface area contributed by atoms with Crippen LogP contribution in [0.3, 0.4) is 0 Å². The molecule has 0 amide bonds. The molecule has 0 saturated heterocycles. The van der Waals surface area contributed by atoms with Gasteiger partial charge in [0, 0.05) is 6.07 Å². The van der Waals surface area contributed by atoms with E-state index in [1.807, 2.05) is 0 Å². The van der Waals surface area contributed by atoms with Crippen molar-refractivity contribution in [2.45, 2.75) is 6.04 Å². The molecule has 82 valence electrons. The van der Waals surface area contributed by atoms with Crippen LogP contribution in [0.5, 0.6) is 11.5 Å². The van der Waals surface area contributed by atoms with E-state index in [1.54, 1.807) is 0 Å². The number of carboxylic acid groups (broad SMARTS) is 1. The predicted octanol–water partition coefficient (Wildman–Crippen LogP) is 1.08. The van der Waals surface area contributed by atoms with E-state index in [9.17, 15) is 14.3 Å². The van der Waals surface area contributed by atoms with Crippen LogP contribution in [0.4, 0.5) is 4.39 Å². The first kappa shape index (κ1) is 11.7. The Morgan fingerprint density at radius 1 is 1.53 bits per heavy atom. The molecule has 7 heteroatoms. The number of rotatable bonds is 2. The molecular formula is C8H7BrFNO4. The lowest BCUT2D eigenvalue weighted by Crippen LogP contribution is -2.22. The minimum absolute atomic E-state index is 0.176. The highest BCUT2D eigenvalue weighted by molar-refractivity contribution is 9.10. The molecule has 1 aromatic carbocycles. The maximum atomic E-state index is 13.4. The van der Waals surface area contributed by atoms with Gasteiger partial charge in [0.2, 0.25) is 0 Å². The van der Waals surface area contributed by atoms with Gasteiger partial charge in [0.1, 0.15) is 11.9 Å². The van der Waals surface area contributed by atoms with Gasteiger partial charge in [0.15, 0.2) is 11.5 Å². The number of halogens is 2. The van der Waals surface area contributed by atoms with Crippen molar-refractivity contribution in [2.75, 3.05) is 0 Å². The Labute approximate surface area is 92.1 Å². The van der Waals surface area contributed by atoms with Crippen molar-refractivity contribution < 1.29 is 24.5 Å². The zero-order valence-corrected chi connectivity index (χ0v) is 8.82. The number of aromatic hydroxyl groups is 2. The third kappa shape index (κ3) is 2.02. The van der Waals surface area contributed by atoms with Gasteiger partial charge in [0.05, 0.1) is 10.0 Å². The van der Waals surface area contributed by atoms with Crippen molar-refractivity contribution in [3.8, 4) is 11.5 Å². The van der Waals surface area contributed by atoms with E-state index in [2.05, 4.69) is 15.9 Å². The van der Waals surface area contributed by atoms with Crippen molar-refractivity contribution >= 4 is 21.9 Å². The number of hydrogen-bond donors (Lipinski definition) is 4. The summed E-state index contributed by atoms with van der Waals surface area (Å²) in [5, 5.41) is 27.0. The Kier molecular flexibility index (Phi) is 3.15.